The average molecular weight is 148 g/mol. The molecule has 3 heteroatoms. The van der Waals surface area contributed by atoms with Gasteiger partial charge in [-0.1, -0.05) is 0 Å². The van der Waals surface area contributed by atoms with Gasteiger partial charge >= 0.3 is 0 Å². The van der Waals surface area contributed by atoms with Gasteiger partial charge in [-0.2, -0.15) is 0 Å². The predicted octanol–water partition coefficient (Wildman–Crippen LogP) is 1.28. The van der Waals surface area contributed by atoms with Crippen molar-refractivity contribution >= 4 is 10.9 Å². The number of hydrogen-bond donors (Lipinski definition) is 1. The highest BCUT2D eigenvalue weighted by molar-refractivity contribution is 5.84. The summed E-state index contributed by atoms with van der Waals surface area (Å²) in [6.45, 7) is 0. The van der Waals surface area contributed by atoms with Gasteiger partial charge in [-0.15, -0.1) is 0 Å². The van der Waals surface area contributed by atoms with Crippen LogP contribution in [0.3, 0.4) is 0 Å². The first-order valence-corrected chi connectivity index (χ1v) is 3.38. The molecule has 2 aromatic heterocycles. The number of rotatable bonds is 0. The summed E-state index contributed by atoms with van der Waals surface area (Å²) in [5, 5.41) is 10.2. The number of pyridine rings is 1. The molecule has 11 heavy (non-hydrogen) atoms. The summed E-state index contributed by atoms with van der Waals surface area (Å²) in [6.07, 6.45) is 3.51. The molecular weight excluding hydrogens is 140 g/mol. The first kappa shape index (κ1) is 6.22. The van der Waals surface area contributed by atoms with Crippen LogP contribution >= 0.6 is 0 Å². The number of hydrogen-bond acceptors (Lipinski definition) is 2. The molecule has 0 saturated heterocycles. The summed E-state index contributed by atoms with van der Waals surface area (Å²) in [5.41, 5.74) is 0.826. The van der Waals surface area contributed by atoms with Crippen molar-refractivity contribution in [1.29, 1.82) is 0 Å². The number of nitrogens with zero attached hydrogens (tertiary/aromatic N) is 2. The minimum atomic E-state index is 0.271. The molecule has 1 N–H and O–H groups in total. The van der Waals surface area contributed by atoms with Crippen molar-refractivity contribution in [2.75, 3.05) is 0 Å². The van der Waals surface area contributed by atoms with E-state index >= 15 is 0 Å². The molecule has 0 aliphatic rings. The largest absolute Gasteiger partial charge is 0.494 e. The Kier molecular flexibility index (Phi) is 1.12. The molecule has 0 unspecified atom stereocenters. The zero-order chi connectivity index (χ0) is 7.84. The highest BCUT2D eigenvalue weighted by Gasteiger charge is 2.03. The number of aromatic hydroxyl groups is 1. The Morgan fingerprint density at radius 2 is 2.36 bits per heavy atom. The maximum atomic E-state index is 9.42. The molecule has 0 aliphatic carbocycles. The van der Waals surface area contributed by atoms with Crippen molar-refractivity contribution in [3.63, 3.8) is 0 Å². The van der Waals surface area contributed by atoms with Gasteiger partial charge in [0.15, 0.2) is 5.88 Å². The molecule has 2 rings (SSSR count). The second-order valence-corrected chi connectivity index (χ2v) is 2.50. The lowest BCUT2D eigenvalue weighted by molar-refractivity contribution is 0.438. The second-order valence-electron chi connectivity index (χ2n) is 2.50. The van der Waals surface area contributed by atoms with Crippen LogP contribution in [0.5, 0.6) is 5.88 Å². The summed E-state index contributed by atoms with van der Waals surface area (Å²) in [4.78, 5) is 4.08. The van der Waals surface area contributed by atoms with E-state index in [0.717, 1.165) is 10.9 Å². The van der Waals surface area contributed by atoms with Gasteiger partial charge in [0.2, 0.25) is 0 Å². The maximum absolute atomic E-state index is 9.42. The van der Waals surface area contributed by atoms with E-state index in [1.807, 2.05) is 12.1 Å². The van der Waals surface area contributed by atoms with Crippen molar-refractivity contribution in [2.45, 2.75) is 0 Å². The summed E-state index contributed by atoms with van der Waals surface area (Å²) >= 11 is 0. The quantitative estimate of drug-likeness (QED) is 0.611. The zero-order valence-electron chi connectivity index (χ0n) is 6.15. The normalized spacial score (nSPS) is 10.6. The molecule has 0 radical (unpaired) electrons. The third-order valence-electron chi connectivity index (χ3n) is 1.73. The lowest BCUT2D eigenvalue weighted by Crippen LogP contribution is -1.80. The van der Waals surface area contributed by atoms with E-state index in [9.17, 15) is 5.11 Å². The van der Waals surface area contributed by atoms with Crippen molar-refractivity contribution in [3.05, 3.63) is 24.5 Å². The third kappa shape index (κ3) is 0.774. The SMILES string of the molecule is Cn1cc2ncccc2c1O. The minimum Gasteiger partial charge on any atom is -0.494 e. The van der Waals surface area contributed by atoms with Gasteiger partial charge in [0.05, 0.1) is 10.9 Å². The average Bonchev–Trinajstić information content (AvgIpc) is 2.30. The Hall–Kier alpha value is -1.51. The Bertz CT molecular complexity index is 392. The van der Waals surface area contributed by atoms with Gasteiger partial charge in [-0.05, 0) is 12.1 Å². The molecule has 2 aromatic rings. The molecule has 0 amide bonds. The highest BCUT2D eigenvalue weighted by Crippen LogP contribution is 2.23. The summed E-state index contributed by atoms with van der Waals surface area (Å²) in [7, 11) is 1.79. The van der Waals surface area contributed by atoms with Gasteiger partial charge < -0.3 is 9.67 Å². The number of aromatic nitrogens is 2. The molecule has 0 fully saturated rings. The van der Waals surface area contributed by atoms with Gasteiger partial charge in [-0.25, -0.2) is 0 Å². The highest BCUT2D eigenvalue weighted by atomic mass is 16.3. The summed E-state index contributed by atoms with van der Waals surface area (Å²) in [6, 6.07) is 3.65. The van der Waals surface area contributed by atoms with Crippen molar-refractivity contribution < 1.29 is 5.11 Å². The minimum absolute atomic E-state index is 0.271. The van der Waals surface area contributed by atoms with Crippen molar-refractivity contribution in [3.8, 4) is 5.88 Å². The molecule has 2 heterocycles. The summed E-state index contributed by atoms with van der Waals surface area (Å²) in [5.74, 6) is 0.271. The Morgan fingerprint density at radius 1 is 1.55 bits per heavy atom. The lowest BCUT2D eigenvalue weighted by Gasteiger charge is -1.90. The number of aryl methyl sites for hydroxylation is 1. The Labute approximate surface area is 63.9 Å². The molecule has 0 spiro atoms. The lowest BCUT2D eigenvalue weighted by atomic mass is 10.3. The van der Waals surface area contributed by atoms with Crippen LogP contribution in [0, 0.1) is 0 Å². The predicted molar refractivity (Wildman–Crippen MR) is 42.4 cm³/mol. The van der Waals surface area contributed by atoms with Crippen LogP contribution in [-0.2, 0) is 7.05 Å². The van der Waals surface area contributed by atoms with Crippen LogP contribution in [0.15, 0.2) is 24.5 Å². The van der Waals surface area contributed by atoms with Gasteiger partial charge in [0.1, 0.15) is 0 Å². The fourth-order valence-electron chi connectivity index (χ4n) is 1.14. The topological polar surface area (TPSA) is 38.0 Å². The molecule has 0 atom stereocenters. The standard InChI is InChI=1S/C8H8N2O/c1-10-5-7-6(8(10)11)3-2-4-9-7/h2-5,11H,1H3. The van der Waals surface area contributed by atoms with Gasteiger partial charge in [-0.3, -0.25) is 4.98 Å². The van der Waals surface area contributed by atoms with E-state index in [1.165, 1.54) is 0 Å². The van der Waals surface area contributed by atoms with Crippen molar-refractivity contribution in [1.82, 2.24) is 9.55 Å². The maximum Gasteiger partial charge on any atom is 0.200 e. The third-order valence-corrected chi connectivity index (χ3v) is 1.73. The summed E-state index contributed by atoms with van der Waals surface area (Å²) < 4.78 is 1.65. The van der Waals surface area contributed by atoms with E-state index in [0.29, 0.717) is 0 Å². The fraction of sp³-hybridized carbons (Fsp3) is 0.125. The molecule has 0 bridgehead atoms. The smallest absolute Gasteiger partial charge is 0.200 e. The van der Waals surface area contributed by atoms with Gasteiger partial charge in [0, 0.05) is 19.4 Å². The van der Waals surface area contributed by atoms with E-state index < -0.39 is 0 Å². The monoisotopic (exact) mass is 148 g/mol. The molecule has 0 aliphatic heterocycles. The first-order chi connectivity index (χ1) is 5.29. The second kappa shape index (κ2) is 1.99. The van der Waals surface area contributed by atoms with E-state index in [2.05, 4.69) is 4.98 Å². The van der Waals surface area contributed by atoms with Crippen molar-refractivity contribution in [2.24, 2.45) is 7.05 Å². The van der Waals surface area contributed by atoms with Crippen LogP contribution in [-0.4, -0.2) is 14.7 Å². The van der Waals surface area contributed by atoms with Crippen LogP contribution in [0.25, 0.3) is 10.9 Å². The van der Waals surface area contributed by atoms with Crippen LogP contribution in [0.2, 0.25) is 0 Å². The molecular formula is C8H8N2O. The Balaban J connectivity index is 2.92. The van der Waals surface area contributed by atoms with E-state index in [4.69, 9.17) is 0 Å². The Morgan fingerprint density at radius 3 is 3.09 bits per heavy atom. The molecule has 0 aromatic carbocycles. The van der Waals surface area contributed by atoms with Crippen LogP contribution in [0.1, 0.15) is 0 Å². The molecule has 3 nitrogen and oxygen atoms in total. The zero-order valence-corrected chi connectivity index (χ0v) is 6.15. The number of fused-ring (bicyclic) bond motifs is 1. The van der Waals surface area contributed by atoms with Gasteiger partial charge in [0.25, 0.3) is 0 Å². The van der Waals surface area contributed by atoms with Crippen LogP contribution in [0.4, 0.5) is 0 Å². The first-order valence-electron chi connectivity index (χ1n) is 3.38. The van der Waals surface area contributed by atoms with Crippen LogP contribution < -0.4 is 0 Å². The van der Waals surface area contributed by atoms with E-state index in [-0.39, 0.29) is 5.88 Å². The fourth-order valence-corrected chi connectivity index (χ4v) is 1.14. The van der Waals surface area contributed by atoms with E-state index in [1.54, 1.807) is 24.0 Å². The molecule has 0 saturated carbocycles. The molecule has 56 valence electrons.